The number of anilines is 2. The Morgan fingerprint density at radius 2 is 2.10 bits per heavy atom. The molecule has 2 N–H and O–H groups in total. The average Bonchev–Trinajstić information content (AvgIpc) is 2.40. The maximum absolute atomic E-state index is 11.9. The number of nitrogen functional groups attached to an aromatic ring is 1. The number of hydrogen-bond acceptors (Lipinski definition) is 5. The van der Waals surface area contributed by atoms with Gasteiger partial charge in [-0.1, -0.05) is 13.8 Å². The summed E-state index contributed by atoms with van der Waals surface area (Å²) < 4.78 is 5.02. The highest BCUT2D eigenvalue weighted by Crippen LogP contribution is 2.34. The van der Waals surface area contributed by atoms with Gasteiger partial charge in [0.2, 0.25) is 0 Å². The topological polar surface area (TPSA) is 68.5 Å². The highest BCUT2D eigenvalue weighted by molar-refractivity contribution is 5.97. The predicted octanol–water partition coefficient (Wildman–Crippen LogP) is 2.47. The summed E-state index contributed by atoms with van der Waals surface area (Å²) in [5, 5.41) is 0. The molecule has 1 aromatic rings. The van der Waals surface area contributed by atoms with Crippen LogP contribution in [0.1, 0.15) is 44.0 Å². The van der Waals surface area contributed by atoms with Gasteiger partial charge in [-0.05, 0) is 31.2 Å². The molecule has 0 spiro atoms. The first-order valence-electron chi connectivity index (χ1n) is 7.11. The largest absolute Gasteiger partial charge is 0.462 e. The fourth-order valence-electron chi connectivity index (χ4n) is 2.42. The van der Waals surface area contributed by atoms with E-state index in [1.54, 1.807) is 19.2 Å². The molecule has 110 valence electrons. The van der Waals surface area contributed by atoms with Gasteiger partial charge < -0.3 is 15.4 Å². The molecule has 0 radical (unpaired) electrons. The van der Waals surface area contributed by atoms with Crippen LogP contribution in [0, 0.1) is 5.41 Å². The maximum atomic E-state index is 11.9. The Balaban J connectivity index is 2.21. The monoisotopic (exact) mass is 277 g/mol. The number of aromatic nitrogens is 1. The fourth-order valence-corrected chi connectivity index (χ4v) is 2.42. The van der Waals surface area contributed by atoms with Gasteiger partial charge in [-0.3, -0.25) is 0 Å². The van der Waals surface area contributed by atoms with Crippen molar-refractivity contribution in [2.24, 2.45) is 5.41 Å². The van der Waals surface area contributed by atoms with E-state index in [2.05, 4.69) is 23.7 Å². The molecule has 0 aromatic carbocycles. The minimum atomic E-state index is -0.383. The summed E-state index contributed by atoms with van der Waals surface area (Å²) >= 11 is 0. The van der Waals surface area contributed by atoms with Crippen LogP contribution in [0.2, 0.25) is 0 Å². The van der Waals surface area contributed by atoms with E-state index < -0.39 is 0 Å². The van der Waals surface area contributed by atoms with Crippen molar-refractivity contribution in [2.45, 2.75) is 33.6 Å². The van der Waals surface area contributed by atoms with Crippen molar-refractivity contribution in [1.82, 2.24) is 4.98 Å². The van der Waals surface area contributed by atoms with Crippen LogP contribution in [0.15, 0.2) is 12.3 Å². The molecule has 20 heavy (non-hydrogen) atoms. The molecule has 0 bridgehead atoms. The summed E-state index contributed by atoms with van der Waals surface area (Å²) in [5.74, 6) is 0.317. The van der Waals surface area contributed by atoms with E-state index >= 15 is 0 Å². The van der Waals surface area contributed by atoms with Crippen molar-refractivity contribution in [3.05, 3.63) is 17.8 Å². The van der Waals surface area contributed by atoms with Crippen molar-refractivity contribution in [3.8, 4) is 0 Å². The Hall–Kier alpha value is -1.78. The summed E-state index contributed by atoms with van der Waals surface area (Å²) in [7, 11) is 0. The minimum Gasteiger partial charge on any atom is -0.462 e. The second-order valence-corrected chi connectivity index (χ2v) is 5.97. The van der Waals surface area contributed by atoms with E-state index in [-0.39, 0.29) is 5.97 Å². The van der Waals surface area contributed by atoms with Gasteiger partial charge in [0.15, 0.2) is 5.82 Å². The van der Waals surface area contributed by atoms with Gasteiger partial charge in [-0.15, -0.1) is 0 Å². The number of carbonyl (C=O) groups excluding carboxylic acids is 1. The number of pyridine rings is 1. The molecule has 0 aliphatic carbocycles. The Morgan fingerprint density at radius 3 is 2.70 bits per heavy atom. The second kappa shape index (κ2) is 5.69. The average molecular weight is 277 g/mol. The minimum absolute atomic E-state index is 0.341. The number of rotatable bonds is 3. The smallest absolute Gasteiger partial charge is 0.340 e. The lowest BCUT2D eigenvalue weighted by Crippen LogP contribution is -2.38. The molecule has 1 aliphatic rings. The molecule has 1 aliphatic heterocycles. The maximum Gasteiger partial charge on any atom is 0.340 e. The molecule has 5 heteroatoms. The number of nitrogens with zero attached hydrogens (tertiary/aromatic N) is 2. The summed E-state index contributed by atoms with van der Waals surface area (Å²) in [5.41, 5.74) is 7.30. The van der Waals surface area contributed by atoms with E-state index in [0.717, 1.165) is 25.9 Å². The predicted molar refractivity (Wildman–Crippen MR) is 79.8 cm³/mol. The molecule has 1 saturated heterocycles. The first-order chi connectivity index (χ1) is 9.44. The van der Waals surface area contributed by atoms with E-state index in [1.165, 1.54) is 0 Å². The Morgan fingerprint density at radius 1 is 1.45 bits per heavy atom. The van der Waals surface area contributed by atoms with Crippen molar-refractivity contribution in [1.29, 1.82) is 0 Å². The zero-order valence-electron chi connectivity index (χ0n) is 12.5. The van der Waals surface area contributed by atoms with Gasteiger partial charge in [0.05, 0.1) is 17.9 Å². The molecule has 0 unspecified atom stereocenters. The van der Waals surface area contributed by atoms with Crippen molar-refractivity contribution >= 4 is 17.5 Å². The van der Waals surface area contributed by atoms with Crippen LogP contribution in [0.5, 0.6) is 0 Å². The van der Waals surface area contributed by atoms with Crippen LogP contribution in [0.4, 0.5) is 11.5 Å². The Bertz CT molecular complexity index is 490. The van der Waals surface area contributed by atoms with Gasteiger partial charge in [-0.25, -0.2) is 9.78 Å². The highest BCUT2D eigenvalue weighted by atomic mass is 16.5. The normalized spacial score (nSPS) is 17.9. The number of carbonyl (C=O) groups is 1. The van der Waals surface area contributed by atoms with Crippen LogP contribution >= 0.6 is 0 Å². The third kappa shape index (κ3) is 3.03. The molecule has 0 atom stereocenters. The van der Waals surface area contributed by atoms with E-state index in [9.17, 15) is 4.79 Å². The first-order valence-corrected chi connectivity index (χ1v) is 7.11. The van der Waals surface area contributed by atoms with Gasteiger partial charge in [0.25, 0.3) is 0 Å². The molecule has 1 aromatic heterocycles. The molecular formula is C15H23N3O2. The Labute approximate surface area is 120 Å². The van der Waals surface area contributed by atoms with Gasteiger partial charge in [0.1, 0.15) is 0 Å². The molecule has 2 heterocycles. The van der Waals surface area contributed by atoms with Crippen molar-refractivity contribution in [2.75, 3.05) is 30.3 Å². The molecule has 5 nitrogen and oxygen atoms in total. The summed E-state index contributed by atoms with van der Waals surface area (Å²) in [6.07, 6.45) is 3.81. The molecule has 1 fully saturated rings. The van der Waals surface area contributed by atoms with Crippen LogP contribution in [0.3, 0.4) is 0 Å². The van der Waals surface area contributed by atoms with Crippen LogP contribution in [0.25, 0.3) is 0 Å². The lowest BCUT2D eigenvalue weighted by Gasteiger charge is -2.38. The van der Waals surface area contributed by atoms with Crippen molar-refractivity contribution < 1.29 is 9.53 Å². The standard InChI is InChI=1S/C15H23N3O2/c1-4-20-14(19)11-5-8-17-13(12(11)16)18-9-6-15(2,3)7-10-18/h5,8H,4,6-7,9-10,16H2,1-3H3. The summed E-state index contributed by atoms with van der Waals surface area (Å²) in [6.45, 7) is 8.50. The quantitative estimate of drug-likeness (QED) is 0.860. The van der Waals surface area contributed by atoms with E-state index in [0.29, 0.717) is 29.1 Å². The molecular weight excluding hydrogens is 254 g/mol. The summed E-state index contributed by atoms with van der Waals surface area (Å²) in [6, 6.07) is 1.62. The van der Waals surface area contributed by atoms with Gasteiger partial charge >= 0.3 is 5.97 Å². The van der Waals surface area contributed by atoms with Gasteiger partial charge in [-0.2, -0.15) is 0 Å². The zero-order chi connectivity index (χ0) is 14.8. The van der Waals surface area contributed by atoms with Crippen LogP contribution in [-0.4, -0.2) is 30.6 Å². The number of ether oxygens (including phenoxy) is 1. The lowest BCUT2D eigenvalue weighted by molar-refractivity contribution is 0.0527. The number of nitrogens with two attached hydrogens (primary N) is 1. The first kappa shape index (κ1) is 14.6. The molecule has 0 amide bonds. The van der Waals surface area contributed by atoms with Crippen LogP contribution < -0.4 is 10.6 Å². The van der Waals surface area contributed by atoms with Gasteiger partial charge in [0, 0.05) is 19.3 Å². The lowest BCUT2D eigenvalue weighted by atomic mass is 9.82. The van der Waals surface area contributed by atoms with Crippen molar-refractivity contribution in [3.63, 3.8) is 0 Å². The number of hydrogen-bond donors (Lipinski definition) is 1. The van der Waals surface area contributed by atoms with E-state index in [4.69, 9.17) is 10.5 Å². The van der Waals surface area contributed by atoms with Crippen LogP contribution in [-0.2, 0) is 4.74 Å². The molecule has 0 saturated carbocycles. The summed E-state index contributed by atoms with van der Waals surface area (Å²) in [4.78, 5) is 18.4. The highest BCUT2D eigenvalue weighted by Gasteiger charge is 2.27. The SMILES string of the molecule is CCOC(=O)c1ccnc(N2CCC(C)(C)CC2)c1N. The third-order valence-corrected chi connectivity index (χ3v) is 3.88. The zero-order valence-corrected chi connectivity index (χ0v) is 12.5. The number of piperidine rings is 1. The van der Waals surface area contributed by atoms with E-state index in [1.807, 2.05) is 0 Å². The Kier molecular flexibility index (Phi) is 4.16. The fraction of sp³-hybridized carbons (Fsp3) is 0.600. The molecule has 2 rings (SSSR count). The number of esters is 1. The second-order valence-electron chi connectivity index (χ2n) is 5.97. The third-order valence-electron chi connectivity index (χ3n) is 3.88.